The minimum atomic E-state index is -0.684. The second kappa shape index (κ2) is 7.21. The summed E-state index contributed by atoms with van der Waals surface area (Å²) in [7, 11) is 0. The molecule has 7 nitrogen and oxygen atoms in total. The van der Waals surface area contributed by atoms with Gasteiger partial charge in [-0.2, -0.15) is 4.68 Å². The van der Waals surface area contributed by atoms with Gasteiger partial charge in [0.2, 0.25) is 5.91 Å². The Hall–Kier alpha value is -2.09. The van der Waals surface area contributed by atoms with Gasteiger partial charge in [-0.3, -0.25) is 4.79 Å². The topological polar surface area (TPSA) is 81.5 Å². The molecule has 2 aromatic heterocycles. The summed E-state index contributed by atoms with van der Waals surface area (Å²) >= 11 is 3.18. The van der Waals surface area contributed by atoms with E-state index in [2.05, 4.69) is 27.6 Å². The van der Waals surface area contributed by atoms with Crippen LogP contribution in [0.15, 0.2) is 43.1 Å². The molecule has 0 radical (unpaired) electrons. The fraction of sp³-hybridized carbons (Fsp3) is 0.438. The fourth-order valence-corrected chi connectivity index (χ4v) is 3.27. The molecule has 0 aromatic carbocycles. The molecular weight excluding hydrogens is 378 g/mol. The van der Waals surface area contributed by atoms with Crippen molar-refractivity contribution in [1.29, 1.82) is 0 Å². The molecule has 1 fully saturated rings. The number of hydrogen-bond donors (Lipinski definition) is 0. The quantitative estimate of drug-likeness (QED) is 0.702. The second-order valence-corrected chi connectivity index (χ2v) is 6.49. The van der Waals surface area contributed by atoms with Gasteiger partial charge in [0.1, 0.15) is 6.54 Å². The highest BCUT2D eigenvalue weighted by molar-refractivity contribution is 9.10. The van der Waals surface area contributed by atoms with Gasteiger partial charge in [0.05, 0.1) is 0 Å². The average Bonchev–Trinajstić information content (AvgIpc) is 3.27. The third-order valence-electron chi connectivity index (χ3n) is 4.09. The van der Waals surface area contributed by atoms with E-state index in [4.69, 9.17) is 8.83 Å². The molecule has 3 rings (SSSR count). The monoisotopic (exact) mass is 395 g/mol. The zero-order valence-corrected chi connectivity index (χ0v) is 14.7. The minimum absolute atomic E-state index is 0.0506. The maximum atomic E-state index is 12.6. The number of rotatable bonds is 6. The predicted molar refractivity (Wildman–Crippen MR) is 90.3 cm³/mol. The first-order chi connectivity index (χ1) is 11.6. The largest absolute Gasteiger partial charge is 0.444 e. The van der Waals surface area contributed by atoms with Gasteiger partial charge >= 0.3 is 5.76 Å². The van der Waals surface area contributed by atoms with Gasteiger partial charge in [-0.25, -0.2) is 4.79 Å². The number of nitrogens with zero attached hydrogens (tertiary/aromatic N) is 3. The van der Waals surface area contributed by atoms with E-state index in [1.807, 2.05) is 0 Å². The van der Waals surface area contributed by atoms with E-state index in [9.17, 15) is 9.59 Å². The Morgan fingerprint density at radius 1 is 1.42 bits per heavy atom. The normalized spacial score (nSPS) is 14.9. The number of aromatic nitrogens is 2. The summed E-state index contributed by atoms with van der Waals surface area (Å²) in [4.78, 5) is 26.3. The van der Waals surface area contributed by atoms with Crippen LogP contribution in [0.25, 0.3) is 11.7 Å². The molecule has 0 atom stereocenters. The molecule has 1 aliphatic carbocycles. The van der Waals surface area contributed by atoms with Gasteiger partial charge in [-0.15, -0.1) is 11.7 Å². The first kappa shape index (κ1) is 16.8. The molecule has 1 aliphatic rings. The maximum Gasteiger partial charge on any atom is 0.437 e. The molecule has 1 amide bonds. The van der Waals surface area contributed by atoms with E-state index >= 15 is 0 Å². The van der Waals surface area contributed by atoms with Gasteiger partial charge in [-0.05, 0) is 40.9 Å². The standard InChI is InChI=1S/C16H18BrN3O4/c1-2-9-19(11-5-3-4-6-11)14(21)10-20-16(22)24-15(18-20)12-7-8-13(17)23-12/h2,7-8,11H,1,3-6,9-10H2. The van der Waals surface area contributed by atoms with Gasteiger partial charge in [-0.1, -0.05) is 18.9 Å². The summed E-state index contributed by atoms with van der Waals surface area (Å²) in [6.45, 7) is 4.02. The highest BCUT2D eigenvalue weighted by Crippen LogP contribution is 2.24. The number of carbonyl (C=O) groups excluding carboxylic acids is 1. The first-order valence-corrected chi connectivity index (χ1v) is 8.62. The summed E-state index contributed by atoms with van der Waals surface area (Å²) in [5.74, 6) is -0.473. The van der Waals surface area contributed by atoms with Crippen molar-refractivity contribution in [1.82, 2.24) is 14.7 Å². The molecular formula is C16H18BrN3O4. The van der Waals surface area contributed by atoms with Crippen molar-refractivity contribution in [2.24, 2.45) is 0 Å². The predicted octanol–water partition coefficient (Wildman–Crippen LogP) is 2.82. The van der Waals surface area contributed by atoms with Crippen LogP contribution in [0.4, 0.5) is 0 Å². The van der Waals surface area contributed by atoms with Crippen molar-refractivity contribution in [3.05, 3.63) is 40.0 Å². The third kappa shape index (κ3) is 3.53. The van der Waals surface area contributed by atoms with Crippen molar-refractivity contribution in [2.75, 3.05) is 6.54 Å². The van der Waals surface area contributed by atoms with Crippen LogP contribution in [-0.2, 0) is 11.3 Å². The Bertz CT molecular complexity index is 785. The number of hydrogen-bond acceptors (Lipinski definition) is 5. The van der Waals surface area contributed by atoms with Gasteiger partial charge in [0, 0.05) is 12.6 Å². The molecule has 2 heterocycles. The number of halogens is 1. The SMILES string of the molecule is C=CCN(C(=O)Cn1nc(-c2ccc(Br)o2)oc1=O)C1CCCC1. The van der Waals surface area contributed by atoms with Crippen LogP contribution in [0.3, 0.4) is 0 Å². The Labute approximate surface area is 147 Å². The highest BCUT2D eigenvalue weighted by atomic mass is 79.9. The molecule has 0 aliphatic heterocycles. The van der Waals surface area contributed by atoms with E-state index in [0.717, 1.165) is 30.4 Å². The Kier molecular flexibility index (Phi) is 5.03. The van der Waals surface area contributed by atoms with E-state index in [1.54, 1.807) is 23.1 Å². The van der Waals surface area contributed by atoms with E-state index in [0.29, 0.717) is 17.0 Å². The number of amides is 1. The fourth-order valence-electron chi connectivity index (χ4n) is 2.96. The van der Waals surface area contributed by atoms with Crippen LogP contribution in [0.1, 0.15) is 25.7 Å². The van der Waals surface area contributed by atoms with E-state index in [1.165, 1.54) is 0 Å². The lowest BCUT2D eigenvalue weighted by molar-refractivity contribution is -0.133. The smallest absolute Gasteiger partial charge is 0.437 e. The maximum absolute atomic E-state index is 12.6. The van der Waals surface area contributed by atoms with Crippen molar-refractivity contribution in [3.8, 4) is 11.7 Å². The molecule has 1 saturated carbocycles. The van der Waals surface area contributed by atoms with Crippen molar-refractivity contribution < 1.29 is 13.6 Å². The molecule has 0 saturated heterocycles. The average molecular weight is 396 g/mol. The van der Waals surface area contributed by atoms with Crippen LogP contribution < -0.4 is 5.76 Å². The van der Waals surface area contributed by atoms with E-state index in [-0.39, 0.29) is 24.4 Å². The number of carbonyl (C=O) groups is 1. The lowest BCUT2D eigenvalue weighted by Gasteiger charge is -2.27. The number of furan rings is 1. The summed E-state index contributed by atoms with van der Waals surface area (Å²) in [6, 6.07) is 3.51. The zero-order chi connectivity index (χ0) is 17.1. The van der Waals surface area contributed by atoms with Crippen LogP contribution in [-0.4, -0.2) is 33.2 Å². The van der Waals surface area contributed by atoms with E-state index < -0.39 is 5.76 Å². The molecule has 8 heteroatoms. The van der Waals surface area contributed by atoms with Gasteiger partial charge in [0.15, 0.2) is 10.4 Å². The molecule has 0 spiro atoms. The Balaban J connectivity index is 1.77. The van der Waals surface area contributed by atoms with Crippen LogP contribution in [0.5, 0.6) is 0 Å². The van der Waals surface area contributed by atoms with Crippen molar-refractivity contribution in [2.45, 2.75) is 38.3 Å². The van der Waals surface area contributed by atoms with Crippen LogP contribution in [0.2, 0.25) is 0 Å². The lowest BCUT2D eigenvalue weighted by atomic mass is 10.2. The minimum Gasteiger partial charge on any atom is -0.444 e. The third-order valence-corrected chi connectivity index (χ3v) is 4.51. The van der Waals surface area contributed by atoms with Crippen LogP contribution >= 0.6 is 15.9 Å². The molecule has 0 unspecified atom stereocenters. The first-order valence-electron chi connectivity index (χ1n) is 7.82. The molecule has 0 N–H and O–H groups in total. The molecule has 24 heavy (non-hydrogen) atoms. The molecule has 2 aromatic rings. The molecule has 0 bridgehead atoms. The van der Waals surface area contributed by atoms with Gasteiger partial charge < -0.3 is 13.7 Å². The summed E-state index contributed by atoms with van der Waals surface area (Å²) in [6.07, 6.45) is 5.91. The summed E-state index contributed by atoms with van der Waals surface area (Å²) in [5, 5.41) is 4.05. The highest BCUT2D eigenvalue weighted by Gasteiger charge is 2.27. The second-order valence-electron chi connectivity index (χ2n) is 5.71. The van der Waals surface area contributed by atoms with Crippen molar-refractivity contribution >= 4 is 21.8 Å². The summed E-state index contributed by atoms with van der Waals surface area (Å²) in [5.41, 5.74) is 0. The lowest BCUT2D eigenvalue weighted by Crippen LogP contribution is -2.42. The van der Waals surface area contributed by atoms with Crippen molar-refractivity contribution in [3.63, 3.8) is 0 Å². The Morgan fingerprint density at radius 3 is 2.79 bits per heavy atom. The summed E-state index contributed by atoms with van der Waals surface area (Å²) < 4.78 is 11.9. The molecule has 128 valence electrons. The van der Waals surface area contributed by atoms with Crippen LogP contribution in [0, 0.1) is 0 Å². The zero-order valence-electron chi connectivity index (χ0n) is 13.1. The van der Waals surface area contributed by atoms with Gasteiger partial charge in [0.25, 0.3) is 5.89 Å². The Morgan fingerprint density at radius 2 is 2.17 bits per heavy atom.